The first kappa shape index (κ1) is 28.1. The van der Waals surface area contributed by atoms with Gasteiger partial charge in [-0.05, 0) is 18.6 Å². The predicted octanol–water partition coefficient (Wildman–Crippen LogP) is 0.372. The van der Waals surface area contributed by atoms with Crippen LogP contribution in [0.15, 0.2) is 45.5 Å². The van der Waals surface area contributed by atoms with Crippen molar-refractivity contribution in [2.45, 2.75) is 54.5 Å². The number of nitrogens with zero attached hydrogens (tertiary/aromatic N) is 3. The Hall–Kier alpha value is -2.89. The van der Waals surface area contributed by atoms with Crippen LogP contribution in [0.1, 0.15) is 18.4 Å². The number of benzene rings is 1. The minimum Gasteiger partial charge on any atom is -0.394 e. The minimum absolute atomic E-state index is 0.0476. The first-order valence-electron chi connectivity index (χ1n) is 11.3. The number of imide groups is 1. The average molecular weight is 561 g/mol. The van der Waals surface area contributed by atoms with Crippen LogP contribution in [0.2, 0.25) is 0 Å². The molecule has 3 aliphatic heterocycles. The van der Waals surface area contributed by atoms with E-state index in [0.717, 1.165) is 17.0 Å². The van der Waals surface area contributed by atoms with Gasteiger partial charge < -0.3 is 30.5 Å². The fraction of sp³-hybridized carbons (Fsp3) is 0.500. The highest BCUT2D eigenvalue weighted by molar-refractivity contribution is 8.04. The third-order valence-corrected chi connectivity index (χ3v) is 7.27. The quantitative estimate of drug-likeness (QED) is 0.267. The molecule has 0 bridgehead atoms. The molecule has 16 heteroatoms. The summed E-state index contributed by atoms with van der Waals surface area (Å²) < 4.78 is 45.0. The zero-order valence-electron chi connectivity index (χ0n) is 19.4. The summed E-state index contributed by atoms with van der Waals surface area (Å²) in [4.78, 5) is 38.1. The molecule has 1 aromatic carbocycles. The summed E-state index contributed by atoms with van der Waals surface area (Å²) in [6.07, 6.45) is -9.82. The molecule has 0 aromatic heterocycles. The number of hydrogen-bond acceptors (Lipinski definition) is 11. The normalized spacial score (nSPS) is 28.4. The average Bonchev–Trinajstić information content (AvgIpc) is 3.64. The molecule has 3 aliphatic rings. The summed E-state index contributed by atoms with van der Waals surface area (Å²) in [6, 6.07) is 5.03. The number of rotatable bonds is 9. The second-order valence-electron chi connectivity index (χ2n) is 8.72. The van der Waals surface area contributed by atoms with E-state index in [1.165, 1.54) is 18.2 Å². The van der Waals surface area contributed by atoms with Gasteiger partial charge in [0.15, 0.2) is 0 Å². The van der Waals surface area contributed by atoms with Crippen LogP contribution in [0, 0.1) is 0 Å². The van der Waals surface area contributed by atoms with Gasteiger partial charge >= 0.3 is 11.8 Å². The highest BCUT2D eigenvalue weighted by Crippen LogP contribution is 2.52. The topological polar surface area (TPSA) is 181 Å². The van der Waals surface area contributed by atoms with Crippen LogP contribution in [-0.2, 0) is 24.8 Å². The molecule has 0 spiro atoms. The first-order chi connectivity index (χ1) is 17.9. The number of aliphatic hydroxyl groups excluding tert-OH is 4. The minimum atomic E-state index is -4.71. The van der Waals surface area contributed by atoms with Crippen LogP contribution in [0.25, 0.3) is 0 Å². The number of ether oxygens (including phenoxy) is 1. The molecule has 38 heavy (non-hydrogen) atoms. The molecular formula is C22H23F3N4O8S. The van der Waals surface area contributed by atoms with Gasteiger partial charge in [-0.25, -0.2) is 0 Å². The van der Waals surface area contributed by atoms with Gasteiger partial charge in [0.05, 0.1) is 11.5 Å². The number of aliphatic hydroxyl groups is 4. The van der Waals surface area contributed by atoms with E-state index < -0.39 is 66.0 Å². The van der Waals surface area contributed by atoms with Crippen LogP contribution >= 0.6 is 11.8 Å². The Morgan fingerprint density at radius 1 is 1.16 bits per heavy atom. The number of anilines is 1. The molecule has 4 rings (SSSR count). The summed E-state index contributed by atoms with van der Waals surface area (Å²) in [7, 11) is 0. The number of amides is 3. The van der Waals surface area contributed by atoms with Crippen LogP contribution in [0.5, 0.6) is 0 Å². The van der Waals surface area contributed by atoms with E-state index in [0.29, 0.717) is 11.8 Å². The molecule has 5 N–H and O–H groups in total. The molecule has 3 heterocycles. The Bertz CT molecular complexity index is 1170. The molecule has 206 valence electrons. The second kappa shape index (κ2) is 10.7. The Kier molecular flexibility index (Phi) is 7.92. The Morgan fingerprint density at radius 3 is 2.50 bits per heavy atom. The Morgan fingerprint density at radius 2 is 1.87 bits per heavy atom. The zero-order chi connectivity index (χ0) is 27.8. The Balaban J connectivity index is 1.27. The number of nitrogens with one attached hydrogen (secondary N) is 1. The van der Waals surface area contributed by atoms with E-state index in [4.69, 9.17) is 4.74 Å². The number of hydrogen-bond donors (Lipinski definition) is 5. The molecule has 0 aliphatic carbocycles. The van der Waals surface area contributed by atoms with Crippen molar-refractivity contribution in [3.63, 3.8) is 0 Å². The summed E-state index contributed by atoms with van der Waals surface area (Å²) in [5.74, 6) is -1.96. The summed E-state index contributed by atoms with van der Waals surface area (Å²) in [5.41, 5.74) is -4.02. The lowest BCUT2D eigenvalue weighted by Gasteiger charge is -2.39. The fourth-order valence-electron chi connectivity index (χ4n) is 3.95. The molecule has 0 saturated carbocycles. The molecule has 1 saturated heterocycles. The van der Waals surface area contributed by atoms with Gasteiger partial charge in [0.25, 0.3) is 11.8 Å². The number of halogens is 3. The number of carbonyl (C=O) groups excluding carboxylic acids is 3. The number of alkyl halides is 3. The van der Waals surface area contributed by atoms with Crippen molar-refractivity contribution < 1.29 is 52.7 Å². The van der Waals surface area contributed by atoms with E-state index in [-0.39, 0.29) is 35.5 Å². The van der Waals surface area contributed by atoms with Gasteiger partial charge in [-0.3, -0.25) is 19.3 Å². The number of thioether (sulfide) groups is 1. The molecule has 1 fully saturated rings. The molecule has 1 aromatic rings. The lowest BCUT2D eigenvalue weighted by atomic mass is 10.0. The molecule has 3 amide bonds. The van der Waals surface area contributed by atoms with E-state index in [1.807, 2.05) is 0 Å². The maximum Gasteiger partial charge on any atom is 0.442 e. The van der Waals surface area contributed by atoms with Crippen molar-refractivity contribution in [1.29, 1.82) is 0 Å². The summed E-state index contributed by atoms with van der Waals surface area (Å²) in [6.45, 7) is -0.796. The first-order valence-corrected chi connectivity index (χ1v) is 12.2. The van der Waals surface area contributed by atoms with Crippen molar-refractivity contribution in [2.75, 3.05) is 18.5 Å². The van der Waals surface area contributed by atoms with Crippen molar-refractivity contribution in [3.05, 3.63) is 40.8 Å². The Labute approximate surface area is 217 Å². The van der Waals surface area contributed by atoms with Crippen molar-refractivity contribution in [3.8, 4) is 0 Å². The highest BCUT2D eigenvalue weighted by atomic mass is 32.2. The SMILES string of the molecule is O=C(CCCN1C(=O)C=C(S[C@@H]2O[C@H](CO)[C@H](O)[C@H](O)[C@H]2O)C1=O)Nc1cccc(C2(C(F)(F)F)N=N2)c1. The fourth-order valence-corrected chi connectivity index (χ4v) is 5.08. The lowest BCUT2D eigenvalue weighted by Crippen LogP contribution is -2.57. The van der Waals surface area contributed by atoms with Crippen molar-refractivity contribution in [2.24, 2.45) is 10.2 Å². The lowest BCUT2D eigenvalue weighted by molar-refractivity contribution is -0.205. The molecule has 0 unspecified atom stereocenters. The second-order valence-corrected chi connectivity index (χ2v) is 9.86. The van der Waals surface area contributed by atoms with E-state index >= 15 is 0 Å². The van der Waals surface area contributed by atoms with Gasteiger partial charge in [0.2, 0.25) is 5.91 Å². The zero-order valence-corrected chi connectivity index (χ0v) is 20.2. The maximum atomic E-state index is 13.2. The number of carbonyl (C=O) groups is 3. The third-order valence-electron chi connectivity index (χ3n) is 6.10. The standard InChI is InChI=1S/C22H23F3N4O8S/c23-22(24,25)21(27-28-21)10-3-1-4-11(7-10)26-14(31)5-2-6-29-15(32)8-13(19(29)36)38-20-18(35)17(34)16(33)12(9-30)37-20/h1,3-4,7-8,12,16-18,20,30,33-35H,2,5-6,9H2,(H,26,31)/t12-,16+,17+,18-,20+/m1/s1. The van der Waals surface area contributed by atoms with E-state index in [1.54, 1.807) is 0 Å². The van der Waals surface area contributed by atoms with Crippen LogP contribution < -0.4 is 5.32 Å². The molecular weight excluding hydrogens is 537 g/mol. The smallest absolute Gasteiger partial charge is 0.394 e. The van der Waals surface area contributed by atoms with Crippen molar-refractivity contribution >= 4 is 35.2 Å². The largest absolute Gasteiger partial charge is 0.442 e. The van der Waals surface area contributed by atoms with E-state index in [2.05, 4.69) is 15.5 Å². The monoisotopic (exact) mass is 560 g/mol. The molecule has 5 atom stereocenters. The van der Waals surface area contributed by atoms with Crippen LogP contribution in [0.3, 0.4) is 0 Å². The van der Waals surface area contributed by atoms with Gasteiger partial charge in [-0.15, -0.1) is 10.2 Å². The summed E-state index contributed by atoms with van der Waals surface area (Å²) >= 11 is 0.648. The van der Waals surface area contributed by atoms with Gasteiger partial charge in [-0.2, -0.15) is 13.2 Å². The summed E-state index contributed by atoms with van der Waals surface area (Å²) in [5, 5.41) is 47.9. The maximum absolute atomic E-state index is 13.2. The van der Waals surface area contributed by atoms with Crippen molar-refractivity contribution in [1.82, 2.24) is 4.90 Å². The predicted molar refractivity (Wildman–Crippen MR) is 123 cm³/mol. The third kappa shape index (κ3) is 5.45. The molecule has 0 radical (unpaired) electrons. The van der Waals surface area contributed by atoms with Gasteiger partial charge in [0, 0.05) is 30.3 Å². The van der Waals surface area contributed by atoms with Gasteiger partial charge in [0.1, 0.15) is 29.9 Å². The molecule has 12 nitrogen and oxygen atoms in total. The van der Waals surface area contributed by atoms with Crippen LogP contribution in [-0.4, -0.2) is 92.2 Å². The highest BCUT2D eigenvalue weighted by Gasteiger charge is 2.65. The van der Waals surface area contributed by atoms with Crippen LogP contribution in [0.4, 0.5) is 18.9 Å². The van der Waals surface area contributed by atoms with Gasteiger partial charge in [-0.1, -0.05) is 23.9 Å². The van der Waals surface area contributed by atoms with E-state index in [9.17, 15) is 48.0 Å².